The number of nitrogens with one attached hydrogen (secondary N) is 1. The summed E-state index contributed by atoms with van der Waals surface area (Å²) in [5.74, 6) is 0.558. The SMILES string of the molecule is CCNC1CCC(CC)CC1S(=O)(=O)C1CCOC1C. The number of hydrogen-bond acceptors (Lipinski definition) is 4. The van der Waals surface area contributed by atoms with E-state index in [9.17, 15) is 8.42 Å². The Morgan fingerprint density at radius 1 is 1.15 bits per heavy atom. The van der Waals surface area contributed by atoms with Crippen molar-refractivity contribution in [1.82, 2.24) is 5.32 Å². The molecular weight excluding hydrogens is 274 g/mol. The van der Waals surface area contributed by atoms with E-state index in [0.717, 1.165) is 32.2 Å². The first-order valence-corrected chi connectivity index (χ1v) is 9.69. The molecule has 1 aliphatic carbocycles. The molecule has 1 saturated carbocycles. The fourth-order valence-corrected chi connectivity index (χ4v) is 6.53. The van der Waals surface area contributed by atoms with Crippen molar-refractivity contribution >= 4 is 9.84 Å². The molecule has 118 valence electrons. The second kappa shape index (κ2) is 6.75. The van der Waals surface area contributed by atoms with Crippen LogP contribution in [0.2, 0.25) is 0 Å². The Kier molecular flexibility index (Phi) is 5.49. The highest BCUT2D eigenvalue weighted by Gasteiger charge is 2.45. The first kappa shape index (κ1) is 16.2. The summed E-state index contributed by atoms with van der Waals surface area (Å²) in [6.45, 7) is 7.54. The van der Waals surface area contributed by atoms with E-state index in [1.54, 1.807) is 0 Å². The quantitative estimate of drug-likeness (QED) is 0.845. The van der Waals surface area contributed by atoms with E-state index in [-0.39, 0.29) is 22.6 Å². The standard InChI is InChI=1S/C15H29NO3S/c1-4-12-6-7-13(16-5-2)15(10-12)20(17,18)14-8-9-19-11(14)3/h11-16H,4-10H2,1-3H3. The van der Waals surface area contributed by atoms with E-state index in [1.807, 2.05) is 6.92 Å². The maximum Gasteiger partial charge on any atom is 0.160 e. The van der Waals surface area contributed by atoms with Crippen molar-refractivity contribution in [2.75, 3.05) is 13.2 Å². The van der Waals surface area contributed by atoms with Crippen molar-refractivity contribution in [2.45, 2.75) is 75.5 Å². The van der Waals surface area contributed by atoms with Gasteiger partial charge in [0.25, 0.3) is 0 Å². The molecule has 1 aliphatic heterocycles. The maximum atomic E-state index is 13.0. The van der Waals surface area contributed by atoms with Gasteiger partial charge in [0, 0.05) is 12.6 Å². The number of sulfone groups is 1. The highest BCUT2D eigenvalue weighted by atomic mass is 32.2. The Balaban J connectivity index is 2.19. The van der Waals surface area contributed by atoms with Crippen LogP contribution in [0.4, 0.5) is 0 Å². The topological polar surface area (TPSA) is 55.4 Å². The molecule has 0 spiro atoms. The summed E-state index contributed by atoms with van der Waals surface area (Å²) >= 11 is 0. The van der Waals surface area contributed by atoms with Crippen LogP contribution < -0.4 is 5.32 Å². The Labute approximate surface area is 123 Å². The van der Waals surface area contributed by atoms with Gasteiger partial charge in [-0.1, -0.05) is 20.3 Å². The average Bonchev–Trinajstić information content (AvgIpc) is 2.86. The van der Waals surface area contributed by atoms with E-state index in [1.165, 1.54) is 0 Å². The van der Waals surface area contributed by atoms with Gasteiger partial charge >= 0.3 is 0 Å². The highest BCUT2D eigenvalue weighted by molar-refractivity contribution is 7.92. The van der Waals surface area contributed by atoms with Gasteiger partial charge in [-0.3, -0.25) is 0 Å². The molecule has 1 heterocycles. The summed E-state index contributed by atoms with van der Waals surface area (Å²) in [4.78, 5) is 0. The van der Waals surface area contributed by atoms with Gasteiger partial charge < -0.3 is 10.1 Å². The Bertz CT molecular complexity index is 409. The molecule has 5 atom stereocenters. The highest BCUT2D eigenvalue weighted by Crippen LogP contribution is 2.35. The van der Waals surface area contributed by atoms with Crippen molar-refractivity contribution in [3.8, 4) is 0 Å². The normalized spacial score (nSPS) is 39.0. The van der Waals surface area contributed by atoms with E-state index >= 15 is 0 Å². The minimum Gasteiger partial charge on any atom is -0.377 e. The third kappa shape index (κ3) is 3.20. The molecule has 0 radical (unpaired) electrons. The molecule has 4 nitrogen and oxygen atoms in total. The molecule has 2 aliphatic rings. The zero-order chi connectivity index (χ0) is 14.8. The third-order valence-corrected chi connectivity index (χ3v) is 7.92. The van der Waals surface area contributed by atoms with Crippen LogP contribution in [0, 0.1) is 5.92 Å². The van der Waals surface area contributed by atoms with Crippen LogP contribution in [0.1, 0.15) is 52.9 Å². The van der Waals surface area contributed by atoms with Gasteiger partial charge in [-0.2, -0.15) is 0 Å². The summed E-state index contributed by atoms with van der Waals surface area (Å²) in [5.41, 5.74) is 0. The molecule has 20 heavy (non-hydrogen) atoms. The fourth-order valence-electron chi connectivity index (χ4n) is 3.81. The predicted octanol–water partition coefficient (Wildman–Crippen LogP) is 2.14. The molecule has 5 heteroatoms. The molecule has 0 aromatic carbocycles. The van der Waals surface area contributed by atoms with Crippen LogP contribution in [0.25, 0.3) is 0 Å². The van der Waals surface area contributed by atoms with Gasteiger partial charge in [0.05, 0.1) is 16.6 Å². The largest absolute Gasteiger partial charge is 0.377 e. The molecule has 1 saturated heterocycles. The van der Waals surface area contributed by atoms with Crippen LogP contribution in [-0.2, 0) is 14.6 Å². The van der Waals surface area contributed by atoms with Gasteiger partial charge in [-0.05, 0) is 45.1 Å². The van der Waals surface area contributed by atoms with Crippen molar-refractivity contribution in [1.29, 1.82) is 0 Å². The zero-order valence-corrected chi connectivity index (χ0v) is 13.8. The van der Waals surface area contributed by atoms with Crippen LogP contribution in [0.15, 0.2) is 0 Å². The van der Waals surface area contributed by atoms with Crippen LogP contribution >= 0.6 is 0 Å². The first-order valence-electron chi connectivity index (χ1n) is 8.08. The summed E-state index contributed by atoms with van der Waals surface area (Å²) < 4.78 is 31.5. The van der Waals surface area contributed by atoms with Crippen molar-refractivity contribution in [2.24, 2.45) is 5.92 Å². The molecule has 1 N–H and O–H groups in total. The van der Waals surface area contributed by atoms with Gasteiger partial charge in [0.2, 0.25) is 0 Å². The molecule has 2 fully saturated rings. The lowest BCUT2D eigenvalue weighted by atomic mass is 9.84. The maximum absolute atomic E-state index is 13.0. The van der Waals surface area contributed by atoms with Crippen molar-refractivity contribution in [3.05, 3.63) is 0 Å². The number of hydrogen-bond donors (Lipinski definition) is 1. The Hall–Kier alpha value is -0.130. The zero-order valence-electron chi connectivity index (χ0n) is 13.0. The average molecular weight is 303 g/mol. The van der Waals surface area contributed by atoms with Crippen LogP contribution in [0.3, 0.4) is 0 Å². The van der Waals surface area contributed by atoms with Crippen LogP contribution in [0.5, 0.6) is 0 Å². The molecule has 2 rings (SSSR count). The van der Waals surface area contributed by atoms with Gasteiger partial charge in [-0.15, -0.1) is 0 Å². The lowest BCUT2D eigenvalue weighted by molar-refractivity contribution is 0.126. The van der Waals surface area contributed by atoms with Crippen LogP contribution in [-0.4, -0.2) is 44.2 Å². The summed E-state index contributed by atoms with van der Waals surface area (Å²) in [7, 11) is -3.11. The number of rotatable bonds is 5. The molecular formula is C15H29NO3S. The summed E-state index contributed by atoms with van der Waals surface area (Å²) in [6.07, 6.45) is 4.55. The number of ether oxygens (including phenoxy) is 1. The van der Waals surface area contributed by atoms with E-state index in [2.05, 4.69) is 19.2 Å². The minimum atomic E-state index is -3.11. The summed E-state index contributed by atoms with van der Waals surface area (Å²) in [5, 5.41) is 2.88. The molecule has 0 amide bonds. The second-order valence-corrected chi connectivity index (χ2v) is 8.67. The van der Waals surface area contributed by atoms with Gasteiger partial charge in [-0.25, -0.2) is 8.42 Å². The molecule has 0 aromatic rings. The van der Waals surface area contributed by atoms with Crippen molar-refractivity contribution < 1.29 is 13.2 Å². The lowest BCUT2D eigenvalue weighted by Gasteiger charge is -2.37. The van der Waals surface area contributed by atoms with E-state index < -0.39 is 9.84 Å². The predicted molar refractivity (Wildman–Crippen MR) is 81.6 cm³/mol. The Morgan fingerprint density at radius 3 is 2.45 bits per heavy atom. The summed E-state index contributed by atoms with van der Waals surface area (Å²) in [6, 6.07) is 0.126. The third-order valence-electron chi connectivity index (χ3n) is 5.09. The molecule has 5 unspecified atom stereocenters. The van der Waals surface area contributed by atoms with E-state index in [4.69, 9.17) is 4.74 Å². The monoisotopic (exact) mass is 303 g/mol. The minimum absolute atomic E-state index is 0.126. The van der Waals surface area contributed by atoms with E-state index in [0.29, 0.717) is 18.9 Å². The second-order valence-electron chi connectivity index (χ2n) is 6.28. The lowest BCUT2D eigenvalue weighted by Crippen LogP contribution is -2.51. The smallest absolute Gasteiger partial charge is 0.160 e. The van der Waals surface area contributed by atoms with Crippen molar-refractivity contribution in [3.63, 3.8) is 0 Å². The van der Waals surface area contributed by atoms with Gasteiger partial charge in [0.1, 0.15) is 0 Å². The molecule has 0 bridgehead atoms. The van der Waals surface area contributed by atoms with Gasteiger partial charge in [0.15, 0.2) is 9.84 Å². The Morgan fingerprint density at radius 2 is 1.90 bits per heavy atom. The first-order chi connectivity index (χ1) is 9.50. The fraction of sp³-hybridized carbons (Fsp3) is 1.00. The molecule has 0 aromatic heterocycles.